The van der Waals surface area contributed by atoms with Crippen LogP contribution in [0.25, 0.3) is 0 Å². The predicted molar refractivity (Wildman–Crippen MR) is 64.4 cm³/mol. The first-order chi connectivity index (χ1) is 8.03. The first kappa shape index (κ1) is 12.5. The van der Waals surface area contributed by atoms with Gasteiger partial charge in [-0.15, -0.1) is 0 Å². The maximum Gasteiger partial charge on any atom is 0.129 e. The highest BCUT2D eigenvalue weighted by Gasteiger charge is 2.34. The highest BCUT2D eigenvalue weighted by molar-refractivity contribution is 5.31. The Bertz CT molecular complexity index is 395. The minimum atomic E-state index is -1.06. The molecule has 1 saturated heterocycles. The molecule has 2 rings (SSSR count). The van der Waals surface area contributed by atoms with Gasteiger partial charge in [-0.3, -0.25) is 0 Å². The molecule has 1 aliphatic rings. The average Bonchev–Trinajstić information content (AvgIpc) is 2.30. The zero-order chi connectivity index (χ0) is 12.5. The second kappa shape index (κ2) is 4.75. The molecule has 17 heavy (non-hydrogen) atoms. The summed E-state index contributed by atoms with van der Waals surface area (Å²) in [5.41, 5.74) is 0.418. The molecule has 1 N–H and O–H groups in total. The number of aliphatic hydroxyl groups is 1. The van der Waals surface area contributed by atoms with E-state index in [-0.39, 0.29) is 5.82 Å². The fraction of sp³-hybridized carbons (Fsp3) is 0.571. The third-order valence-corrected chi connectivity index (χ3v) is 3.48. The van der Waals surface area contributed by atoms with Crippen molar-refractivity contribution in [3.63, 3.8) is 0 Å². The van der Waals surface area contributed by atoms with E-state index in [0.717, 1.165) is 5.56 Å². The molecule has 0 bridgehead atoms. The molecule has 1 heterocycles. The van der Waals surface area contributed by atoms with Crippen LogP contribution in [0.2, 0.25) is 0 Å². The second-order valence-electron chi connectivity index (χ2n) is 5.04. The molecule has 0 saturated carbocycles. The molecule has 1 aromatic carbocycles. The summed E-state index contributed by atoms with van der Waals surface area (Å²) >= 11 is 0. The monoisotopic (exact) mass is 238 g/mol. The lowest BCUT2D eigenvalue weighted by Gasteiger charge is -2.33. The van der Waals surface area contributed by atoms with E-state index >= 15 is 0 Å². The highest BCUT2D eigenvalue weighted by Crippen LogP contribution is 2.35. The molecule has 0 atom stereocenters. The van der Waals surface area contributed by atoms with Crippen LogP contribution in [0.3, 0.4) is 0 Å². The van der Waals surface area contributed by atoms with Gasteiger partial charge in [0.1, 0.15) is 5.82 Å². The van der Waals surface area contributed by atoms with Gasteiger partial charge in [-0.25, -0.2) is 4.39 Å². The SMILES string of the molecule is CC(C)c1ccc(F)c(C2(O)CCOCC2)c1. The lowest BCUT2D eigenvalue weighted by atomic mass is 9.84. The Morgan fingerprint density at radius 1 is 1.29 bits per heavy atom. The van der Waals surface area contributed by atoms with E-state index in [9.17, 15) is 9.50 Å². The maximum absolute atomic E-state index is 13.9. The van der Waals surface area contributed by atoms with Crippen LogP contribution in [-0.4, -0.2) is 18.3 Å². The van der Waals surface area contributed by atoms with Crippen LogP contribution in [-0.2, 0) is 10.3 Å². The van der Waals surface area contributed by atoms with Crippen LogP contribution in [0, 0.1) is 5.82 Å². The lowest BCUT2D eigenvalue weighted by Crippen LogP contribution is -2.34. The number of benzene rings is 1. The Labute approximate surface area is 101 Å². The van der Waals surface area contributed by atoms with Crippen LogP contribution < -0.4 is 0 Å². The Balaban J connectivity index is 2.38. The Hall–Kier alpha value is -0.930. The molecule has 2 nitrogen and oxygen atoms in total. The van der Waals surface area contributed by atoms with Gasteiger partial charge in [0.2, 0.25) is 0 Å². The van der Waals surface area contributed by atoms with Crippen molar-refractivity contribution in [2.75, 3.05) is 13.2 Å². The van der Waals surface area contributed by atoms with E-state index in [1.807, 2.05) is 0 Å². The van der Waals surface area contributed by atoms with Crippen molar-refractivity contribution in [2.24, 2.45) is 0 Å². The summed E-state index contributed by atoms with van der Waals surface area (Å²) in [4.78, 5) is 0. The fourth-order valence-corrected chi connectivity index (χ4v) is 2.24. The molecule has 0 spiro atoms. The van der Waals surface area contributed by atoms with Crippen molar-refractivity contribution >= 4 is 0 Å². The van der Waals surface area contributed by atoms with Gasteiger partial charge in [0.15, 0.2) is 0 Å². The molecular formula is C14H19FO2. The predicted octanol–water partition coefficient (Wildman–Crippen LogP) is 2.95. The summed E-state index contributed by atoms with van der Waals surface area (Å²) in [6.07, 6.45) is 0.928. The number of hydrogen-bond donors (Lipinski definition) is 1. The zero-order valence-electron chi connectivity index (χ0n) is 10.4. The fourth-order valence-electron chi connectivity index (χ4n) is 2.24. The van der Waals surface area contributed by atoms with Crippen molar-refractivity contribution in [1.82, 2.24) is 0 Å². The summed E-state index contributed by atoms with van der Waals surface area (Å²) in [5.74, 6) is 0.0107. The second-order valence-corrected chi connectivity index (χ2v) is 5.04. The number of hydrogen-bond acceptors (Lipinski definition) is 2. The normalized spacial score (nSPS) is 19.6. The molecule has 0 radical (unpaired) electrons. The number of halogens is 1. The maximum atomic E-state index is 13.9. The molecule has 0 aromatic heterocycles. The van der Waals surface area contributed by atoms with Gasteiger partial charge in [-0.2, -0.15) is 0 Å². The quantitative estimate of drug-likeness (QED) is 0.858. The number of rotatable bonds is 2. The van der Waals surface area contributed by atoms with E-state index in [0.29, 0.717) is 37.5 Å². The molecule has 0 aliphatic carbocycles. The molecular weight excluding hydrogens is 219 g/mol. The first-order valence-electron chi connectivity index (χ1n) is 6.13. The number of ether oxygens (including phenoxy) is 1. The molecule has 94 valence electrons. The zero-order valence-corrected chi connectivity index (χ0v) is 10.4. The smallest absolute Gasteiger partial charge is 0.129 e. The van der Waals surface area contributed by atoms with Crippen LogP contribution in [0.1, 0.15) is 43.7 Å². The van der Waals surface area contributed by atoms with E-state index in [2.05, 4.69) is 13.8 Å². The van der Waals surface area contributed by atoms with E-state index in [4.69, 9.17) is 4.74 Å². The Kier molecular flexibility index (Phi) is 3.50. The third-order valence-electron chi connectivity index (χ3n) is 3.48. The van der Waals surface area contributed by atoms with Crippen LogP contribution in [0.5, 0.6) is 0 Å². The minimum absolute atomic E-state index is 0.321. The first-order valence-corrected chi connectivity index (χ1v) is 6.13. The van der Waals surface area contributed by atoms with Gasteiger partial charge >= 0.3 is 0 Å². The van der Waals surface area contributed by atoms with Crippen molar-refractivity contribution in [2.45, 2.75) is 38.2 Å². The van der Waals surface area contributed by atoms with E-state index < -0.39 is 5.60 Å². The summed E-state index contributed by atoms with van der Waals surface area (Å²) in [6.45, 7) is 5.10. The summed E-state index contributed by atoms with van der Waals surface area (Å²) in [5, 5.41) is 10.5. The summed E-state index contributed by atoms with van der Waals surface area (Å²) < 4.78 is 19.1. The van der Waals surface area contributed by atoms with Crippen molar-refractivity contribution in [1.29, 1.82) is 0 Å². The van der Waals surface area contributed by atoms with Crippen molar-refractivity contribution < 1.29 is 14.2 Å². The van der Waals surface area contributed by atoms with Gasteiger partial charge in [0.25, 0.3) is 0 Å². The standard InChI is InChI=1S/C14H19FO2/c1-10(2)11-3-4-13(15)12(9-11)14(16)5-7-17-8-6-14/h3-4,9-10,16H,5-8H2,1-2H3. The van der Waals surface area contributed by atoms with E-state index in [1.54, 1.807) is 12.1 Å². The van der Waals surface area contributed by atoms with Gasteiger partial charge in [0, 0.05) is 31.6 Å². The van der Waals surface area contributed by atoms with Crippen molar-refractivity contribution in [3.05, 3.63) is 35.1 Å². The summed E-state index contributed by atoms with van der Waals surface area (Å²) in [7, 11) is 0. The lowest BCUT2D eigenvalue weighted by molar-refractivity contribution is -0.0698. The molecule has 1 fully saturated rings. The van der Waals surface area contributed by atoms with Crippen molar-refractivity contribution in [3.8, 4) is 0 Å². The molecule has 0 amide bonds. The van der Waals surface area contributed by atoms with E-state index in [1.165, 1.54) is 6.07 Å². The van der Waals surface area contributed by atoms with Gasteiger partial charge in [-0.05, 0) is 23.6 Å². The van der Waals surface area contributed by atoms with Crippen LogP contribution in [0.4, 0.5) is 4.39 Å². The molecule has 1 aromatic rings. The van der Waals surface area contributed by atoms with Gasteiger partial charge in [0.05, 0.1) is 5.60 Å². The topological polar surface area (TPSA) is 29.5 Å². The average molecular weight is 238 g/mol. The third kappa shape index (κ3) is 2.50. The van der Waals surface area contributed by atoms with Gasteiger partial charge < -0.3 is 9.84 Å². The van der Waals surface area contributed by atoms with Crippen LogP contribution in [0.15, 0.2) is 18.2 Å². The molecule has 3 heteroatoms. The minimum Gasteiger partial charge on any atom is -0.385 e. The Morgan fingerprint density at radius 2 is 1.94 bits per heavy atom. The molecule has 1 aliphatic heterocycles. The highest BCUT2D eigenvalue weighted by atomic mass is 19.1. The van der Waals surface area contributed by atoms with Crippen LogP contribution >= 0.6 is 0 Å². The molecule has 0 unspecified atom stereocenters. The largest absolute Gasteiger partial charge is 0.385 e. The Morgan fingerprint density at radius 3 is 2.53 bits per heavy atom. The summed E-state index contributed by atoms with van der Waals surface area (Å²) in [6, 6.07) is 5.04. The van der Waals surface area contributed by atoms with Gasteiger partial charge in [-0.1, -0.05) is 19.9 Å².